The van der Waals surface area contributed by atoms with Crippen molar-refractivity contribution in [1.29, 1.82) is 0 Å². The van der Waals surface area contributed by atoms with Gasteiger partial charge in [-0.3, -0.25) is 10.1 Å². The van der Waals surface area contributed by atoms with Crippen molar-refractivity contribution in [2.24, 2.45) is 0 Å². The van der Waals surface area contributed by atoms with Crippen LogP contribution in [0.3, 0.4) is 0 Å². The number of hydrogen-bond donors (Lipinski definition) is 0. The molecule has 5 heteroatoms. The molecular weight excluding hydrogens is 201 g/mol. The zero-order chi connectivity index (χ0) is 11.4. The van der Waals surface area contributed by atoms with Crippen LogP contribution < -0.4 is 0 Å². The molecule has 0 aliphatic rings. The maximum Gasteiger partial charge on any atom is 0.275 e. The van der Waals surface area contributed by atoms with E-state index in [-0.39, 0.29) is 29.9 Å². The maximum atomic E-state index is 13.2. The Kier molecular flexibility index (Phi) is 3.49. The minimum atomic E-state index is -0.640. The van der Waals surface area contributed by atoms with Gasteiger partial charge in [-0.05, 0) is 19.4 Å². The molecule has 0 saturated heterocycles. The number of Topliss-reactive ketones (excluding diaryl/α,β-unsaturated/α-hetero) is 1. The molecule has 4 nitrogen and oxygen atoms in total. The van der Waals surface area contributed by atoms with E-state index < -0.39 is 10.7 Å². The van der Waals surface area contributed by atoms with Crippen LogP contribution >= 0.6 is 0 Å². The smallest absolute Gasteiger partial charge is 0.275 e. The lowest BCUT2D eigenvalue weighted by Crippen LogP contribution is -2.01. The second kappa shape index (κ2) is 4.63. The normalized spacial score (nSPS) is 10.0. The van der Waals surface area contributed by atoms with Crippen LogP contribution in [0, 0.1) is 15.9 Å². The molecule has 80 valence electrons. The number of carbonyl (C=O) groups excluding carboxylic acids is 1. The Bertz CT molecular complexity index is 404. The van der Waals surface area contributed by atoms with Gasteiger partial charge in [0.2, 0.25) is 0 Å². The number of benzene rings is 1. The number of ketones is 1. The minimum absolute atomic E-state index is 0.00213. The van der Waals surface area contributed by atoms with Crippen molar-refractivity contribution in [2.75, 3.05) is 0 Å². The van der Waals surface area contributed by atoms with Crippen LogP contribution in [0.15, 0.2) is 18.2 Å². The third-order valence-electron chi connectivity index (χ3n) is 2.02. The molecular formula is C10H10FNO3. The fraction of sp³-hybridized carbons (Fsp3) is 0.300. The molecule has 0 amide bonds. The standard InChI is InChI=1S/C10H10FNO3/c1-7(13)5-6-8-9(11)3-2-4-10(8)12(14)15/h2-4H,5-6H2,1H3. The van der Waals surface area contributed by atoms with Crippen LogP contribution in [-0.4, -0.2) is 10.7 Å². The Hall–Kier alpha value is -1.78. The van der Waals surface area contributed by atoms with Crippen molar-refractivity contribution in [2.45, 2.75) is 19.8 Å². The molecule has 0 radical (unpaired) electrons. The van der Waals surface area contributed by atoms with E-state index >= 15 is 0 Å². The van der Waals surface area contributed by atoms with Gasteiger partial charge in [-0.2, -0.15) is 0 Å². The Labute approximate surface area is 85.9 Å². The fourth-order valence-electron chi connectivity index (χ4n) is 1.27. The zero-order valence-corrected chi connectivity index (χ0v) is 8.20. The second-order valence-electron chi connectivity index (χ2n) is 3.20. The molecule has 1 aromatic rings. The van der Waals surface area contributed by atoms with E-state index in [0.29, 0.717) is 0 Å². The van der Waals surface area contributed by atoms with Crippen molar-refractivity contribution < 1.29 is 14.1 Å². The molecule has 0 fully saturated rings. The van der Waals surface area contributed by atoms with Gasteiger partial charge >= 0.3 is 0 Å². The first-order valence-corrected chi connectivity index (χ1v) is 4.43. The van der Waals surface area contributed by atoms with Crippen LogP contribution in [0.4, 0.5) is 10.1 Å². The van der Waals surface area contributed by atoms with E-state index in [1.54, 1.807) is 0 Å². The van der Waals surface area contributed by atoms with Gasteiger partial charge < -0.3 is 4.79 Å². The number of hydrogen-bond acceptors (Lipinski definition) is 3. The molecule has 0 heterocycles. The SMILES string of the molecule is CC(=O)CCc1c(F)cccc1[N+](=O)[O-]. The van der Waals surface area contributed by atoms with Crippen LogP contribution in [0.25, 0.3) is 0 Å². The van der Waals surface area contributed by atoms with E-state index in [1.165, 1.54) is 19.1 Å². The van der Waals surface area contributed by atoms with Crippen molar-refractivity contribution in [3.05, 3.63) is 39.7 Å². The summed E-state index contributed by atoms with van der Waals surface area (Å²) >= 11 is 0. The van der Waals surface area contributed by atoms with E-state index in [0.717, 1.165) is 6.07 Å². The summed E-state index contributed by atoms with van der Waals surface area (Å²) < 4.78 is 13.2. The van der Waals surface area contributed by atoms with Gasteiger partial charge in [0.05, 0.1) is 10.5 Å². The summed E-state index contributed by atoms with van der Waals surface area (Å²) in [6.45, 7) is 1.37. The highest BCUT2D eigenvalue weighted by Gasteiger charge is 2.17. The molecule has 0 unspecified atom stereocenters. The molecule has 1 rings (SSSR count). The van der Waals surface area contributed by atoms with Crippen molar-refractivity contribution in [1.82, 2.24) is 0 Å². The van der Waals surface area contributed by atoms with E-state index in [4.69, 9.17) is 0 Å². The Morgan fingerprint density at radius 3 is 2.73 bits per heavy atom. The monoisotopic (exact) mass is 211 g/mol. The van der Waals surface area contributed by atoms with Crippen LogP contribution in [0.2, 0.25) is 0 Å². The molecule has 0 spiro atoms. The van der Waals surface area contributed by atoms with Crippen molar-refractivity contribution in [3.63, 3.8) is 0 Å². The summed E-state index contributed by atoms with van der Waals surface area (Å²) in [5.74, 6) is -0.752. The molecule has 0 aliphatic carbocycles. The molecule has 0 atom stereocenters. The largest absolute Gasteiger partial charge is 0.300 e. The molecule has 1 aromatic carbocycles. The number of rotatable bonds is 4. The molecule has 0 saturated carbocycles. The number of nitro groups is 1. The first kappa shape index (κ1) is 11.3. The molecule has 0 aromatic heterocycles. The quantitative estimate of drug-likeness (QED) is 0.566. The fourth-order valence-corrected chi connectivity index (χ4v) is 1.27. The average Bonchev–Trinajstić information content (AvgIpc) is 2.15. The van der Waals surface area contributed by atoms with Crippen LogP contribution in [0.1, 0.15) is 18.9 Å². The highest BCUT2D eigenvalue weighted by atomic mass is 19.1. The lowest BCUT2D eigenvalue weighted by atomic mass is 10.1. The Balaban J connectivity index is 3.02. The second-order valence-corrected chi connectivity index (χ2v) is 3.20. The van der Waals surface area contributed by atoms with Gasteiger partial charge in [0.15, 0.2) is 0 Å². The Morgan fingerprint density at radius 1 is 1.53 bits per heavy atom. The summed E-state index contributed by atoms with van der Waals surface area (Å²) in [5, 5.41) is 10.6. The molecule has 15 heavy (non-hydrogen) atoms. The summed E-state index contributed by atoms with van der Waals surface area (Å²) in [6, 6.07) is 3.67. The summed E-state index contributed by atoms with van der Waals surface area (Å²) in [7, 11) is 0. The third kappa shape index (κ3) is 2.83. The van der Waals surface area contributed by atoms with Crippen molar-refractivity contribution in [3.8, 4) is 0 Å². The van der Waals surface area contributed by atoms with Gasteiger partial charge in [0.25, 0.3) is 5.69 Å². The number of nitrogens with zero attached hydrogens (tertiary/aromatic N) is 1. The van der Waals surface area contributed by atoms with Crippen LogP contribution in [0.5, 0.6) is 0 Å². The minimum Gasteiger partial charge on any atom is -0.300 e. The number of carbonyl (C=O) groups is 1. The first-order chi connectivity index (χ1) is 7.02. The lowest BCUT2D eigenvalue weighted by Gasteiger charge is -2.02. The van der Waals surface area contributed by atoms with E-state index in [9.17, 15) is 19.3 Å². The summed E-state index contributed by atoms with van der Waals surface area (Å²) in [5.41, 5.74) is -0.269. The van der Waals surface area contributed by atoms with Gasteiger partial charge in [-0.15, -0.1) is 0 Å². The van der Waals surface area contributed by atoms with E-state index in [1.807, 2.05) is 0 Å². The molecule has 0 bridgehead atoms. The van der Waals surface area contributed by atoms with Gasteiger partial charge in [0.1, 0.15) is 11.6 Å². The highest BCUT2D eigenvalue weighted by molar-refractivity contribution is 5.75. The topological polar surface area (TPSA) is 60.2 Å². The predicted octanol–water partition coefficient (Wildman–Crippen LogP) is 2.26. The summed E-state index contributed by atoms with van der Waals surface area (Å²) in [6.07, 6.45) is 0.181. The highest BCUT2D eigenvalue weighted by Crippen LogP contribution is 2.22. The molecule has 0 aliphatic heterocycles. The van der Waals surface area contributed by atoms with Gasteiger partial charge in [-0.1, -0.05) is 6.07 Å². The average molecular weight is 211 g/mol. The zero-order valence-electron chi connectivity index (χ0n) is 8.20. The molecule has 0 N–H and O–H groups in total. The van der Waals surface area contributed by atoms with E-state index in [2.05, 4.69) is 0 Å². The summed E-state index contributed by atoms with van der Waals surface area (Å²) in [4.78, 5) is 20.6. The van der Waals surface area contributed by atoms with Gasteiger partial charge in [-0.25, -0.2) is 4.39 Å². The van der Waals surface area contributed by atoms with Crippen LogP contribution in [-0.2, 0) is 11.2 Å². The van der Waals surface area contributed by atoms with Crippen molar-refractivity contribution >= 4 is 11.5 Å². The predicted molar refractivity (Wildman–Crippen MR) is 52.1 cm³/mol. The number of halogens is 1. The first-order valence-electron chi connectivity index (χ1n) is 4.43. The lowest BCUT2D eigenvalue weighted by molar-refractivity contribution is -0.385. The number of nitro benzene ring substituents is 1. The maximum absolute atomic E-state index is 13.2. The third-order valence-corrected chi connectivity index (χ3v) is 2.02. The van der Waals surface area contributed by atoms with Gasteiger partial charge in [0, 0.05) is 12.5 Å². The Morgan fingerprint density at radius 2 is 2.20 bits per heavy atom.